The molecule has 3 N–H and O–H groups in total. The maximum absolute atomic E-state index is 12.1. The molecule has 0 saturated heterocycles. The Morgan fingerprint density at radius 3 is 1.58 bits per heavy atom. The zero-order valence-corrected chi connectivity index (χ0v) is 35.0. The third-order valence-electron chi connectivity index (χ3n) is 7.98. The van der Waals surface area contributed by atoms with Crippen LogP contribution in [0.15, 0.2) is 97.2 Å². The molecule has 0 aromatic rings. The van der Waals surface area contributed by atoms with Crippen molar-refractivity contribution >= 4 is 19.7 Å². The van der Waals surface area contributed by atoms with Gasteiger partial charge in [-0.15, -0.1) is 0 Å². The van der Waals surface area contributed by atoms with Crippen molar-refractivity contribution < 1.29 is 37.9 Å². The molecule has 0 bridgehead atoms. The van der Waals surface area contributed by atoms with Crippen molar-refractivity contribution in [3.63, 3.8) is 0 Å². The van der Waals surface area contributed by atoms with Crippen molar-refractivity contribution in [3.05, 3.63) is 97.2 Å². The highest BCUT2D eigenvalue weighted by molar-refractivity contribution is 7.47. The van der Waals surface area contributed by atoms with E-state index in [-0.39, 0.29) is 32.1 Å². The SMILES string of the molecule is CC/C=C\C/C=C\C/C=C\C/C=C\C/C=C\C/C=C\CCCCC(=O)NCCOP(=O)(O)OCC(O)COC(=O)CCCCCCC/C=C\C/C=C\CCC. The topological polar surface area (TPSA) is 131 Å². The molecule has 55 heavy (non-hydrogen) atoms. The molecule has 0 aliphatic heterocycles. The Labute approximate surface area is 334 Å². The van der Waals surface area contributed by atoms with Gasteiger partial charge in [0.2, 0.25) is 5.91 Å². The highest BCUT2D eigenvalue weighted by Gasteiger charge is 2.23. The minimum absolute atomic E-state index is 0.0497. The summed E-state index contributed by atoms with van der Waals surface area (Å²) in [6.07, 6.45) is 52.0. The first-order valence-corrected chi connectivity index (χ1v) is 22.2. The lowest BCUT2D eigenvalue weighted by Gasteiger charge is -2.15. The zero-order chi connectivity index (χ0) is 40.3. The lowest BCUT2D eigenvalue weighted by molar-refractivity contribution is -0.147. The number of carbonyl (C=O) groups is 2. The van der Waals surface area contributed by atoms with Gasteiger partial charge in [0, 0.05) is 19.4 Å². The number of aliphatic hydroxyl groups excluding tert-OH is 1. The van der Waals surface area contributed by atoms with Crippen LogP contribution in [0.4, 0.5) is 0 Å². The Morgan fingerprint density at radius 1 is 0.582 bits per heavy atom. The summed E-state index contributed by atoms with van der Waals surface area (Å²) < 4.78 is 26.8. The van der Waals surface area contributed by atoms with Gasteiger partial charge < -0.3 is 20.1 Å². The molecule has 2 atom stereocenters. The zero-order valence-electron chi connectivity index (χ0n) is 34.1. The van der Waals surface area contributed by atoms with Crippen LogP contribution in [-0.2, 0) is 27.9 Å². The van der Waals surface area contributed by atoms with E-state index in [9.17, 15) is 24.2 Å². The third-order valence-corrected chi connectivity index (χ3v) is 8.96. The molecule has 0 heterocycles. The second-order valence-corrected chi connectivity index (χ2v) is 14.7. The van der Waals surface area contributed by atoms with Gasteiger partial charge in [-0.05, 0) is 89.9 Å². The number of carbonyl (C=O) groups excluding carboxylic acids is 2. The summed E-state index contributed by atoms with van der Waals surface area (Å²) in [6.45, 7) is 3.27. The number of aliphatic hydroxyl groups is 1. The Morgan fingerprint density at radius 2 is 1.04 bits per heavy atom. The molecule has 0 aliphatic carbocycles. The number of allylic oxidation sites excluding steroid dienone is 16. The summed E-state index contributed by atoms with van der Waals surface area (Å²) in [5, 5.41) is 12.6. The lowest BCUT2D eigenvalue weighted by Crippen LogP contribution is -2.27. The van der Waals surface area contributed by atoms with Crippen molar-refractivity contribution in [2.24, 2.45) is 0 Å². The molecule has 0 spiro atoms. The summed E-state index contributed by atoms with van der Waals surface area (Å²) in [5.74, 6) is -0.586. The molecule has 0 aliphatic rings. The molecule has 10 heteroatoms. The standard InChI is InChI=1S/C45H74NO8P/c1-3-5-7-9-11-13-15-17-18-19-20-21-22-23-24-26-27-29-31-33-35-37-44(48)46-39-40-53-55(50,51)54-42-43(47)41-52-45(49)38-36-34-32-30-28-25-16-14-12-10-8-6-4-2/h5,7-8,10-11,13-14,16-18,20-21,23-24,27,29,43,47H,3-4,6,9,12,15,19,22,25-26,28,30-42H2,1-2H3,(H,46,48)(H,50,51)/b7-5-,10-8-,13-11-,16-14-,18-17-,21-20-,24-23-,29-27-. The van der Waals surface area contributed by atoms with E-state index in [4.69, 9.17) is 13.8 Å². The quantitative estimate of drug-likeness (QED) is 0.0245. The predicted molar refractivity (Wildman–Crippen MR) is 229 cm³/mol. The monoisotopic (exact) mass is 788 g/mol. The molecule has 1 amide bonds. The minimum Gasteiger partial charge on any atom is -0.463 e. The number of hydrogen-bond acceptors (Lipinski definition) is 7. The van der Waals surface area contributed by atoms with Gasteiger partial charge in [0.15, 0.2) is 0 Å². The number of unbranched alkanes of at least 4 members (excludes halogenated alkanes) is 8. The molecule has 0 aromatic carbocycles. The second-order valence-electron chi connectivity index (χ2n) is 13.2. The van der Waals surface area contributed by atoms with E-state index in [1.807, 2.05) is 0 Å². The highest BCUT2D eigenvalue weighted by Crippen LogP contribution is 2.42. The summed E-state index contributed by atoms with van der Waals surface area (Å²) in [5.41, 5.74) is 0. The molecule has 0 aromatic heterocycles. The van der Waals surface area contributed by atoms with E-state index in [1.165, 1.54) is 6.42 Å². The van der Waals surface area contributed by atoms with Crippen LogP contribution in [0.5, 0.6) is 0 Å². The van der Waals surface area contributed by atoms with E-state index >= 15 is 0 Å². The number of hydrogen-bond donors (Lipinski definition) is 3. The Bertz CT molecular complexity index is 1220. The molecule has 9 nitrogen and oxygen atoms in total. The van der Waals surface area contributed by atoms with Gasteiger partial charge in [-0.2, -0.15) is 0 Å². The highest BCUT2D eigenvalue weighted by atomic mass is 31.2. The van der Waals surface area contributed by atoms with Crippen molar-refractivity contribution in [1.29, 1.82) is 0 Å². The number of nitrogens with one attached hydrogen (secondary N) is 1. The van der Waals surface area contributed by atoms with Crippen molar-refractivity contribution in [1.82, 2.24) is 5.32 Å². The summed E-state index contributed by atoms with van der Waals surface area (Å²) in [6, 6.07) is 0. The molecular weight excluding hydrogens is 713 g/mol. The van der Waals surface area contributed by atoms with Gasteiger partial charge in [-0.1, -0.05) is 137 Å². The molecule has 0 saturated carbocycles. The average Bonchev–Trinajstić information content (AvgIpc) is 3.17. The van der Waals surface area contributed by atoms with Crippen LogP contribution in [0.3, 0.4) is 0 Å². The Hall–Kier alpha value is -3.07. The van der Waals surface area contributed by atoms with Gasteiger partial charge in [0.1, 0.15) is 12.7 Å². The molecule has 0 fully saturated rings. The van der Waals surface area contributed by atoms with Crippen molar-refractivity contribution in [2.75, 3.05) is 26.4 Å². The van der Waals surface area contributed by atoms with Gasteiger partial charge in [0.25, 0.3) is 0 Å². The van der Waals surface area contributed by atoms with Crippen molar-refractivity contribution in [2.45, 2.75) is 148 Å². The van der Waals surface area contributed by atoms with Crippen LogP contribution >= 0.6 is 7.82 Å². The fourth-order valence-corrected chi connectivity index (χ4v) is 5.65. The minimum atomic E-state index is -4.44. The number of esters is 1. The predicted octanol–water partition coefficient (Wildman–Crippen LogP) is 11.4. The fourth-order valence-electron chi connectivity index (χ4n) is 4.89. The van der Waals surface area contributed by atoms with E-state index < -0.39 is 26.5 Å². The number of ether oxygens (including phenoxy) is 1. The van der Waals surface area contributed by atoms with Gasteiger partial charge in [0.05, 0.1) is 13.2 Å². The van der Waals surface area contributed by atoms with E-state index in [2.05, 4.69) is 116 Å². The Kier molecular flexibility index (Phi) is 38.3. The van der Waals surface area contributed by atoms with E-state index in [0.29, 0.717) is 12.8 Å². The van der Waals surface area contributed by atoms with Crippen LogP contribution in [0.25, 0.3) is 0 Å². The van der Waals surface area contributed by atoms with Crippen LogP contribution in [-0.4, -0.2) is 54.3 Å². The first kappa shape index (κ1) is 51.9. The average molecular weight is 788 g/mol. The first-order chi connectivity index (χ1) is 26.8. The molecule has 312 valence electrons. The molecule has 0 rings (SSSR count). The Balaban J connectivity index is 3.74. The smallest absolute Gasteiger partial charge is 0.463 e. The number of rotatable bonds is 37. The molecule has 2 unspecified atom stereocenters. The number of phosphoric acid groups is 1. The second kappa shape index (κ2) is 40.6. The summed E-state index contributed by atoms with van der Waals surface area (Å²) in [7, 11) is -4.44. The summed E-state index contributed by atoms with van der Waals surface area (Å²) >= 11 is 0. The number of amides is 1. The fraction of sp³-hybridized carbons (Fsp3) is 0.600. The van der Waals surface area contributed by atoms with Gasteiger partial charge in [-0.3, -0.25) is 18.6 Å². The van der Waals surface area contributed by atoms with Crippen LogP contribution in [0, 0.1) is 0 Å². The van der Waals surface area contributed by atoms with Crippen LogP contribution in [0.2, 0.25) is 0 Å². The maximum atomic E-state index is 12.1. The van der Waals surface area contributed by atoms with Crippen molar-refractivity contribution in [3.8, 4) is 0 Å². The number of phosphoric ester groups is 1. The van der Waals surface area contributed by atoms with Crippen LogP contribution in [0.1, 0.15) is 142 Å². The van der Waals surface area contributed by atoms with Crippen LogP contribution < -0.4 is 5.32 Å². The molecular formula is C45H74NO8P. The lowest BCUT2D eigenvalue weighted by atomic mass is 10.1. The normalized spacial score (nSPS) is 14.3. The first-order valence-electron chi connectivity index (χ1n) is 20.7. The largest absolute Gasteiger partial charge is 0.472 e. The third kappa shape index (κ3) is 41.9. The maximum Gasteiger partial charge on any atom is 0.472 e. The summed E-state index contributed by atoms with van der Waals surface area (Å²) in [4.78, 5) is 33.8. The van der Waals surface area contributed by atoms with E-state index in [0.717, 1.165) is 103 Å². The van der Waals surface area contributed by atoms with Gasteiger partial charge >= 0.3 is 13.8 Å². The van der Waals surface area contributed by atoms with Gasteiger partial charge in [-0.25, -0.2) is 4.57 Å². The van der Waals surface area contributed by atoms with E-state index in [1.54, 1.807) is 0 Å². The molecule has 0 radical (unpaired) electrons.